The number of sulfone groups is 1. The van der Waals surface area contributed by atoms with E-state index in [0.29, 0.717) is 24.1 Å². The van der Waals surface area contributed by atoms with Crippen molar-refractivity contribution < 1.29 is 17.5 Å². The number of hydrogen-bond acceptors (Lipinski definition) is 8. The van der Waals surface area contributed by atoms with Crippen LogP contribution in [-0.2, 0) is 9.84 Å². The SMILES string of the molecule is COc1c(N2CCC(c3c(S(C)(=O)=O)ccnc3N)C2)c(F)cn2c(=O)[nH]c(=O)c(C3CC3)c12. The van der Waals surface area contributed by atoms with E-state index in [4.69, 9.17) is 10.5 Å². The Hall–Kier alpha value is -3.41. The summed E-state index contributed by atoms with van der Waals surface area (Å²) in [6.07, 6.45) is 5.62. The second-order valence-corrected chi connectivity index (χ2v) is 10.8. The van der Waals surface area contributed by atoms with Crippen LogP contribution >= 0.6 is 0 Å². The molecule has 4 heterocycles. The van der Waals surface area contributed by atoms with Crippen molar-refractivity contribution in [3.05, 3.63) is 56.2 Å². The van der Waals surface area contributed by atoms with E-state index in [1.807, 2.05) is 0 Å². The number of hydrogen-bond donors (Lipinski definition) is 2. The molecule has 180 valence electrons. The highest BCUT2D eigenvalue weighted by Gasteiger charge is 2.36. The van der Waals surface area contributed by atoms with Crippen LogP contribution in [-0.4, -0.2) is 49.2 Å². The number of fused-ring (bicyclic) bond motifs is 1. The Morgan fingerprint density at radius 1 is 1.21 bits per heavy atom. The zero-order valence-electron chi connectivity index (χ0n) is 18.7. The second-order valence-electron chi connectivity index (χ2n) is 8.84. The number of ether oxygens (including phenoxy) is 1. The molecule has 1 aliphatic heterocycles. The molecule has 5 rings (SSSR count). The molecule has 3 aromatic rings. The topological polar surface area (TPSA) is 140 Å². The number of aromatic nitrogens is 3. The first kappa shape index (κ1) is 22.4. The van der Waals surface area contributed by atoms with Gasteiger partial charge in [0.25, 0.3) is 5.56 Å². The minimum Gasteiger partial charge on any atom is -0.492 e. The van der Waals surface area contributed by atoms with Crippen molar-refractivity contribution in [3.63, 3.8) is 0 Å². The third-order valence-corrected chi connectivity index (χ3v) is 7.72. The van der Waals surface area contributed by atoms with Gasteiger partial charge in [0.1, 0.15) is 17.0 Å². The molecule has 2 fully saturated rings. The number of nitrogens with zero attached hydrogens (tertiary/aromatic N) is 3. The monoisotopic (exact) mass is 489 g/mol. The third-order valence-electron chi connectivity index (χ3n) is 6.56. The van der Waals surface area contributed by atoms with Gasteiger partial charge in [-0.3, -0.25) is 14.2 Å². The van der Waals surface area contributed by atoms with Gasteiger partial charge in [0.05, 0.1) is 18.2 Å². The van der Waals surface area contributed by atoms with Crippen LogP contribution in [0.4, 0.5) is 15.9 Å². The molecule has 1 unspecified atom stereocenters. The average molecular weight is 490 g/mol. The highest BCUT2D eigenvalue weighted by Crippen LogP contribution is 2.46. The lowest BCUT2D eigenvalue weighted by molar-refractivity contribution is 0.413. The summed E-state index contributed by atoms with van der Waals surface area (Å²) in [5, 5.41) is 0. The molecule has 12 heteroatoms. The van der Waals surface area contributed by atoms with E-state index in [1.54, 1.807) is 4.90 Å². The van der Waals surface area contributed by atoms with E-state index in [1.165, 1.54) is 19.4 Å². The average Bonchev–Trinajstić information content (AvgIpc) is 3.49. The fourth-order valence-corrected chi connectivity index (χ4v) is 5.93. The lowest BCUT2D eigenvalue weighted by Crippen LogP contribution is -2.31. The molecule has 1 saturated heterocycles. The predicted octanol–water partition coefficient (Wildman–Crippen LogP) is 1.39. The molecule has 1 saturated carbocycles. The van der Waals surface area contributed by atoms with E-state index in [2.05, 4.69) is 9.97 Å². The van der Waals surface area contributed by atoms with Crippen molar-refractivity contribution in [1.82, 2.24) is 14.4 Å². The van der Waals surface area contributed by atoms with Crippen molar-refractivity contribution in [1.29, 1.82) is 0 Å². The number of halogens is 1. The zero-order valence-corrected chi connectivity index (χ0v) is 19.5. The first-order valence-corrected chi connectivity index (χ1v) is 12.7. The van der Waals surface area contributed by atoms with Gasteiger partial charge < -0.3 is 15.4 Å². The van der Waals surface area contributed by atoms with Crippen molar-refractivity contribution in [2.45, 2.75) is 36.0 Å². The highest BCUT2D eigenvalue weighted by atomic mass is 32.2. The molecule has 34 heavy (non-hydrogen) atoms. The standard InChI is InChI=1S/C22H24FN5O5S/c1-33-19-17(13(23)10-28-18(19)16(11-3-4-11)21(29)26-22(28)30)27-8-6-12(9-27)15-14(34(2,31)32)5-7-25-20(15)24/h5,7,10-12H,3-4,6,8-9H2,1-2H3,(H2,24,25)(H,26,29,30). The number of nitrogens with one attached hydrogen (secondary N) is 1. The summed E-state index contributed by atoms with van der Waals surface area (Å²) < 4.78 is 46.8. The number of rotatable bonds is 5. The van der Waals surface area contributed by atoms with E-state index in [-0.39, 0.29) is 46.0 Å². The Bertz CT molecular complexity index is 1540. The van der Waals surface area contributed by atoms with Gasteiger partial charge in [0.15, 0.2) is 21.4 Å². The van der Waals surface area contributed by atoms with Crippen LogP contribution in [0.3, 0.4) is 0 Å². The fourth-order valence-electron chi connectivity index (χ4n) is 4.96. The second kappa shape index (κ2) is 7.83. The molecule has 0 amide bonds. The van der Waals surface area contributed by atoms with Gasteiger partial charge in [-0.1, -0.05) is 0 Å². The first-order valence-electron chi connectivity index (χ1n) is 10.9. The lowest BCUT2D eigenvalue weighted by Gasteiger charge is -2.24. The Morgan fingerprint density at radius 2 is 1.94 bits per heavy atom. The van der Waals surface area contributed by atoms with Gasteiger partial charge in [-0.15, -0.1) is 0 Å². The summed E-state index contributed by atoms with van der Waals surface area (Å²) in [7, 11) is -2.19. The Balaban J connectivity index is 1.65. The maximum atomic E-state index is 15.4. The fraction of sp³-hybridized carbons (Fsp3) is 0.409. The van der Waals surface area contributed by atoms with Gasteiger partial charge in [-0.05, 0) is 31.2 Å². The minimum atomic E-state index is -3.56. The van der Waals surface area contributed by atoms with E-state index >= 15 is 4.39 Å². The van der Waals surface area contributed by atoms with Crippen molar-refractivity contribution >= 4 is 26.9 Å². The molecule has 0 aromatic carbocycles. The molecule has 1 atom stereocenters. The van der Waals surface area contributed by atoms with Gasteiger partial charge in [-0.2, -0.15) is 0 Å². The molecule has 0 bridgehead atoms. The summed E-state index contributed by atoms with van der Waals surface area (Å²) in [5.74, 6) is -0.806. The molecule has 2 aliphatic rings. The van der Waals surface area contributed by atoms with Crippen LogP contribution in [0.15, 0.2) is 32.9 Å². The van der Waals surface area contributed by atoms with E-state index in [9.17, 15) is 18.0 Å². The molecular formula is C22H24FN5O5S. The van der Waals surface area contributed by atoms with Crippen LogP contribution < -0.4 is 26.6 Å². The molecule has 0 radical (unpaired) electrons. The number of methoxy groups -OCH3 is 1. The zero-order chi connectivity index (χ0) is 24.4. The lowest BCUT2D eigenvalue weighted by atomic mass is 9.99. The van der Waals surface area contributed by atoms with Crippen molar-refractivity contribution in [2.24, 2.45) is 0 Å². The first-order chi connectivity index (χ1) is 16.1. The summed E-state index contributed by atoms with van der Waals surface area (Å²) in [4.78, 5) is 33.2. The van der Waals surface area contributed by atoms with Crippen LogP contribution in [0.5, 0.6) is 5.75 Å². The molecule has 10 nitrogen and oxygen atoms in total. The van der Waals surface area contributed by atoms with E-state index < -0.39 is 26.9 Å². The molecule has 0 spiro atoms. The summed E-state index contributed by atoms with van der Waals surface area (Å²) in [6, 6.07) is 1.42. The smallest absolute Gasteiger partial charge is 0.333 e. The molecular weight excluding hydrogens is 465 g/mol. The molecule has 1 aliphatic carbocycles. The minimum absolute atomic E-state index is 0.0228. The van der Waals surface area contributed by atoms with Crippen LogP contribution in [0, 0.1) is 5.82 Å². The Labute approximate surface area is 194 Å². The summed E-state index contributed by atoms with van der Waals surface area (Å²) in [5.41, 5.74) is 6.04. The number of aromatic amines is 1. The maximum absolute atomic E-state index is 15.4. The van der Waals surface area contributed by atoms with E-state index in [0.717, 1.165) is 29.7 Å². The molecule has 3 N–H and O–H groups in total. The quantitative estimate of drug-likeness (QED) is 0.548. The number of H-pyrrole nitrogens is 1. The summed E-state index contributed by atoms with van der Waals surface area (Å²) in [6.45, 7) is 0.645. The maximum Gasteiger partial charge on any atom is 0.333 e. The van der Waals surface area contributed by atoms with Gasteiger partial charge in [0.2, 0.25) is 0 Å². The number of pyridine rings is 2. The normalized spacial score (nSPS) is 18.6. The van der Waals surface area contributed by atoms with Crippen LogP contribution in [0.1, 0.15) is 42.2 Å². The number of anilines is 2. The van der Waals surface area contributed by atoms with Gasteiger partial charge in [-0.25, -0.2) is 22.6 Å². The Morgan fingerprint density at radius 3 is 2.59 bits per heavy atom. The highest BCUT2D eigenvalue weighted by molar-refractivity contribution is 7.90. The van der Waals surface area contributed by atoms with Gasteiger partial charge >= 0.3 is 5.69 Å². The Kier molecular flexibility index (Phi) is 5.15. The number of nitrogen functional groups attached to an aromatic ring is 1. The van der Waals surface area contributed by atoms with Crippen LogP contribution in [0.2, 0.25) is 0 Å². The molecule has 3 aromatic heterocycles. The van der Waals surface area contributed by atoms with Crippen molar-refractivity contribution in [2.75, 3.05) is 37.1 Å². The van der Waals surface area contributed by atoms with Gasteiger partial charge in [0, 0.05) is 42.6 Å². The predicted molar refractivity (Wildman–Crippen MR) is 124 cm³/mol. The number of nitrogens with two attached hydrogens (primary N) is 1. The summed E-state index contributed by atoms with van der Waals surface area (Å²) >= 11 is 0. The van der Waals surface area contributed by atoms with Crippen molar-refractivity contribution in [3.8, 4) is 5.75 Å². The van der Waals surface area contributed by atoms with Crippen LogP contribution in [0.25, 0.3) is 5.52 Å². The third kappa shape index (κ3) is 3.52. The largest absolute Gasteiger partial charge is 0.492 e.